The minimum absolute atomic E-state index is 0.131. The van der Waals surface area contributed by atoms with Crippen LogP contribution >= 0.6 is 11.8 Å². The SMILES string of the molecule is CCCCn1c(SCC(=O)c2ccc(NS(C)(=O)=O)cc2)n[nH]c1=O. The summed E-state index contributed by atoms with van der Waals surface area (Å²) >= 11 is 1.20. The summed E-state index contributed by atoms with van der Waals surface area (Å²) in [6.07, 6.45) is 2.87. The first-order valence-corrected chi connectivity index (χ1v) is 10.6. The van der Waals surface area contributed by atoms with Gasteiger partial charge in [0.2, 0.25) is 10.0 Å². The van der Waals surface area contributed by atoms with E-state index >= 15 is 0 Å². The minimum atomic E-state index is -3.35. The molecule has 25 heavy (non-hydrogen) atoms. The topological polar surface area (TPSA) is 114 Å². The molecule has 0 spiro atoms. The van der Waals surface area contributed by atoms with E-state index in [4.69, 9.17) is 0 Å². The molecular formula is C15H20N4O4S2. The van der Waals surface area contributed by atoms with Gasteiger partial charge in [0.1, 0.15) is 0 Å². The third-order valence-corrected chi connectivity index (χ3v) is 4.88. The Labute approximate surface area is 150 Å². The second kappa shape index (κ2) is 8.34. The first-order valence-electron chi connectivity index (χ1n) is 7.69. The first kappa shape index (κ1) is 19.3. The second-order valence-electron chi connectivity index (χ2n) is 5.48. The molecule has 0 radical (unpaired) electrons. The van der Waals surface area contributed by atoms with Crippen molar-refractivity contribution in [2.45, 2.75) is 31.5 Å². The van der Waals surface area contributed by atoms with E-state index in [0.29, 0.717) is 23.0 Å². The zero-order valence-corrected chi connectivity index (χ0v) is 15.6. The number of hydrogen-bond acceptors (Lipinski definition) is 6. The molecule has 0 amide bonds. The number of thioether (sulfide) groups is 1. The average molecular weight is 384 g/mol. The average Bonchev–Trinajstić information content (AvgIpc) is 2.90. The number of unbranched alkanes of at least 4 members (excludes halogenated alkanes) is 1. The van der Waals surface area contributed by atoms with Crippen LogP contribution in [0.5, 0.6) is 0 Å². The summed E-state index contributed by atoms with van der Waals surface area (Å²) in [7, 11) is -3.35. The molecule has 0 aliphatic heterocycles. The van der Waals surface area contributed by atoms with Crippen molar-refractivity contribution in [3.05, 3.63) is 40.3 Å². The molecule has 1 aromatic carbocycles. The van der Waals surface area contributed by atoms with Gasteiger partial charge in [-0.3, -0.25) is 14.1 Å². The maximum atomic E-state index is 12.3. The van der Waals surface area contributed by atoms with E-state index in [2.05, 4.69) is 14.9 Å². The molecule has 2 N–H and O–H groups in total. The highest BCUT2D eigenvalue weighted by Crippen LogP contribution is 2.17. The number of carbonyl (C=O) groups is 1. The summed E-state index contributed by atoms with van der Waals surface area (Å²) in [5.74, 6) is 0.00308. The van der Waals surface area contributed by atoms with Crippen LogP contribution in [0.4, 0.5) is 5.69 Å². The number of anilines is 1. The highest BCUT2D eigenvalue weighted by molar-refractivity contribution is 7.99. The molecule has 8 nitrogen and oxygen atoms in total. The number of rotatable bonds is 9. The van der Waals surface area contributed by atoms with Crippen molar-refractivity contribution in [2.24, 2.45) is 0 Å². The molecule has 0 aliphatic rings. The summed E-state index contributed by atoms with van der Waals surface area (Å²) in [4.78, 5) is 24.0. The largest absolute Gasteiger partial charge is 0.343 e. The highest BCUT2D eigenvalue weighted by Gasteiger charge is 2.13. The van der Waals surface area contributed by atoms with Crippen LogP contribution in [0.25, 0.3) is 0 Å². The van der Waals surface area contributed by atoms with Gasteiger partial charge < -0.3 is 0 Å². The Kier molecular flexibility index (Phi) is 6.43. The number of aromatic amines is 1. The molecule has 2 aromatic rings. The number of sulfonamides is 1. The maximum absolute atomic E-state index is 12.3. The lowest BCUT2D eigenvalue weighted by Crippen LogP contribution is -2.18. The zero-order valence-electron chi connectivity index (χ0n) is 14.0. The van der Waals surface area contributed by atoms with E-state index in [1.165, 1.54) is 28.5 Å². The van der Waals surface area contributed by atoms with Gasteiger partial charge >= 0.3 is 5.69 Å². The van der Waals surface area contributed by atoms with Gasteiger partial charge in [-0.1, -0.05) is 25.1 Å². The fourth-order valence-electron chi connectivity index (χ4n) is 2.08. The normalized spacial score (nSPS) is 11.4. The Bertz CT molecular complexity index is 885. The number of H-pyrrole nitrogens is 1. The summed E-state index contributed by atoms with van der Waals surface area (Å²) < 4.78 is 26.2. The Morgan fingerprint density at radius 2 is 2.00 bits per heavy atom. The Morgan fingerprint density at radius 3 is 2.60 bits per heavy atom. The number of ketones is 1. The fourth-order valence-corrected chi connectivity index (χ4v) is 3.51. The van der Waals surface area contributed by atoms with Gasteiger partial charge in [0, 0.05) is 17.8 Å². The third-order valence-electron chi connectivity index (χ3n) is 3.30. The lowest BCUT2D eigenvalue weighted by Gasteiger charge is -2.06. The molecule has 0 atom stereocenters. The van der Waals surface area contributed by atoms with Crippen LogP contribution in [0, 0.1) is 0 Å². The van der Waals surface area contributed by atoms with Gasteiger partial charge in [-0.15, -0.1) is 5.10 Å². The zero-order chi connectivity index (χ0) is 18.4. The van der Waals surface area contributed by atoms with E-state index in [1.807, 2.05) is 6.92 Å². The molecule has 1 aromatic heterocycles. The van der Waals surface area contributed by atoms with Gasteiger partial charge in [0.05, 0.1) is 12.0 Å². The van der Waals surface area contributed by atoms with E-state index < -0.39 is 10.0 Å². The van der Waals surface area contributed by atoms with Crippen molar-refractivity contribution in [3.63, 3.8) is 0 Å². The van der Waals surface area contributed by atoms with Crippen LogP contribution in [0.2, 0.25) is 0 Å². The van der Waals surface area contributed by atoms with Gasteiger partial charge in [0.25, 0.3) is 0 Å². The predicted octanol–water partition coefficient (Wildman–Crippen LogP) is 1.72. The molecular weight excluding hydrogens is 364 g/mol. The van der Waals surface area contributed by atoms with Gasteiger partial charge in [-0.2, -0.15) is 0 Å². The molecule has 0 unspecified atom stereocenters. The summed E-state index contributed by atoms with van der Waals surface area (Å²) in [5, 5.41) is 6.84. The van der Waals surface area contributed by atoms with Crippen LogP contribution in [-0.2, 0) is 16.6 Å². The Hall–Kier alpha value is -2.07. The van der Waals surface area contributed by atoms with Crippen molar-refractivity contribution >= 4 is 33.3 Å². The standard InChI is InChI=1S/C15H20N4O4S2/c1-3-4-9-19-14(21)16-17-15(19)24-10-13(20)11-5-7-12(8-6-11)18-25(2,22)23/h5-8,18H,3-4,9-10H2,1-2H3,(H,16,21). The molecule has 0 saturated carbocycles. The van der Waals surface area contributed by atoms with Crippen LogP contribution in [0.3, 0.4) is 0 Å². The number of nitrogens with zero attached hydrogens (tertiary/aromatic N) is 2. The lowest BCUT2D eigenvalue weighted by atomic mass is 10.1. The molecule has 2 rings (SSSR count). The van der Waals surface area contributed by atoms with Crippen molar-refractivity contribution in [2.75, 3.05) is 16.7 Å². The van der Waals surface area contributed by atoms with E-state index in [0.717, 1.165) is 19.1 Å². The quantitative estimate of drug-likeness (QED) is 0.503. The van der Waals surface area contributed by atoms with Crippen molar-refractivity contribution < 1.29 is 13.2 Å². The van der Waals surface area contributed by atoms with Crippen molar-refractivity contribution in [1.29, 1.82) is 0 Å². The third kappa shape index (κ3) is 5.75. The van der Waals surface area contributed by atoms with Crippen LogP contribution in [-0.4, -0.2) is 41.0 Å². The van der Waals surface area contributed by atoms with Crippen molar-refractivity contribution in [1.82, 2.24) is 14.8 Å². The molecule has 0 aliphatic carbocycles. The van der Waals surface area contributed by atoms with Gasteiger partial charge in [0.15, 0.2) is 10.9 Å². The number of benzene rings is 1. The number of carbonyl (C=O) groups excluding carboxylic acids is 1. The van der Waals surface area contributed by atoms with Gasteiger partial charge in [-0.25, -0.2) is 18.3 Å². The highest BCUT2D eigenvalue weighted by atomic mass is 32.2. The number of nitrogens with one attached hydrogen (secondary N) is 2. The minimum Gasteiger partial charge on any atom is -0.293 e. The number of aromatic nitrogens is 3. The van der Waals surface area contributed by atoms with Crippen LogP contribution in [0.1, 0.15) is 30.1 Å². The van der Waals surface area contributed by atoms with E-state index in [9.17, 15) is 18.0 Å². The van der Waals surface area contributed by atoms with Gasteiger partial charge in [-0.05, 0) is 30.7 Å². The molecule has 136 valence electrons. The monoisotopic (exact) mass is 384 g/mol. The lowest BCUT2D eigenvalue weighted by molar-refractivity contribution is 0.102. The molecule has 10 heteroatoms. The van der Waals surface area contributed by atoms with Crippen LogP contribution in [0.15, 0.2) is 34.2 Å². The number of Topliss-reactive ketones (excluding diaryl/α,β-unsaturated/α-hetero) is 1. The number of hydrogen-bond donors (Lipinski definition) is 2. The second-order valence-corrected chi connectivity index (χ2v) is 8.17. The maximum Gasteiger partial charge on any atom is 0.343 e. The summed E-state index contributed by atoms with van der Waals surface area (Å²) in [5.41, 5.74) is 0.580. The summed E-state index contributed by atoms with van der Waals surface area (Å²) in [6, 6.07) is 6.19. The fraction of sp³-hybridized carbons (Fsp3) is 0.400. The Morgan fingerprint density at radius 1 is 1.32 bits per heavy atom. The molecule has 0 bridgehead atoms. The smallest absolute Gasteiger partial charge is 0.293 e. The van der Waals surface area contributed by atoms with Crippen LogP contribution < -0.4 is 10.4 Å². The Balaban J connectivity index is 2.00. The molecule has 0 fully saturated rings. The predicted molar refractivity (Wildman–Crippen MR) is 97.7 cm³/mol. The molecule has 0 saturated heterocycles. The van der Waals surface area contributed by atoms with E-state index in [1.54, 1.807) is 12.1 Å². The van der Waals surface area contributed by atoms with Crippen molar-refractivity contribution in [3.8, 4) is 0 Å². The van der Waals surface area contributed by atoms with E-state index in [-0.39, 0.29) is 17.2 Å². The molecule has 1 heterocycles. The summed E-state index contributed by atoms with van der Waals surface area (Å²) in [6.45, 7) is 2.60. The first-order chi connectivity index (χ1) is 11.8.